The Bertz CT molecular complexity index is 343. The van der Waals surface area contributed by atoms with Crippen molar-refractivity contribution < 1.29 is 5.11 Å². The van der Waals surface area contributed by atoms with Gasteiger partial charge in [0.15, 0.2) is 0 Å². The van der Waals surface area contributed by atoms with E-state index in [1.54, 1.807) is 0 Å². The van der Waals surface area contributed by atoms with Crippen LogP contribution in [0.15, 0.2) is 21.7 Å². The Hall–Kier alpha value is -0.0200. The number of hydrogen-bond donors (Lipinski definition) is 1. The highest BCUT2D eigenvalue weighted by Crippen LogP contribution is 2.34. The van der Waals surface area contributed by atoms with Gasteiger partial charge in [0, 0.05) is 23.7 Å². The van der Waals surface area contributed by atoms with E-state index in [0.29, 0.717) is 10.1 Å². The summed E-state index contributed by atoms with van der Waals surface area (Å²) in [5, 5.41) is 11.6. The molecule has 1 aliphatic heterocycles. The second kappa shape index (κ2) is 5.75. The van der Waals surface area contributed by atoms with Gasteiger partial charge in [-0.25, -0.2) is 0 Å². The Morgan fingerprint density at radius 2 is 2.00 bits per heavy atom. The zero-order chi connectivity index (χ0) is 12.4. The Balaban J connectivity index is 2.05. The van der Waals surface area contributed by atoms with Crippen molar-refractivity contribution in [2.45, 2.75) is 38.8 Å². The van der Waals surface area contributed by atoms with E-state index in [4.69, 9.17) is 23.2 Å². The van der Waals surface area contributed by atoms with E-state index in [1.165, 1.54) is 0 Å². The molecule has 1 aliphatic carbocycles. The SMILES string of the molecule is CC1CCN(C(O)C2=CCCC(Cl)=C2Cl)CC1. The third-order valence-electron chi connectivity index (χ3n) is 3.66. The molecule has 0 amide bonds. The Kier molecular flexibility index (Phi) is 4.53. The van der Waals surface area contributed by atoms with Crippen molar-refractivity contribution in [3.05, 3.63) is 21.7 Å². The van der Waals surface area contributed by atoms with Crippen LogP contribution in [0.4, 0.5) is 0 Å². The molecular weight excluding hydrogens is 257 g/mol. The Morgan fingerprint density at radius 1 is 1.35 bits per heavy atom. The van der Waals surface area contributed by atoms with Crippen molar-refractivity contribution in [3.63, 3.8) is 0 Å². The Labute approximate surface area is 113 Å². The minimum atomic E-state index is -0.593. The number of hydrogen-bond acceptors (Lipinski definition) is 2. The molecule has 0 bridgehead atoms. The van der Waals surface area contributed by atoms with E-state index in [0.717, 1.165) is 50.3 Å². The lowest BCUT2D eigenvalue weighted by Gasteiger charge is -2.35. The van der Waals surface area contributed by atoms with E-state index < -0.39 is 6.23 Å². The number of allylic oxidation sites excluding steroid dienone is 2. The number of aliphatic hydroxyl groups is 1. The van der Waals surface area contributed by atoms with Gasteiger partial charge in [0.1, 0.15) is 6.23 Å². The molecule has 1 unspecified atom stereocenters. The van der Waals surface area contributed by atoms with Crippen LogP contribution in [0.25, 0.3) is 0 Å². The van der Waals surface area contributed by atoms with Gasteiger partial charge in [0.05, 0.1) is 5.03 Å². The first kappa shape index (κ1) is 13.4. The van der Waals surface area contributed by atoms with Crippen LogP contribution < -0.4 is 0 Å². The van der Waals surface area contributed by atoms with Crippen LogP contribution in [0, 0.1) is 5.92 Å². The molecule has 17 heavy (non-hydrogen) atoms. The third kappa shape index (κ3) is 3.05. The fourth-order valence-electron chi connectivity index (χ4n) is 2.40. The number of piperidine rings is 1. The van der Waals surface area contributed by atoms with Crippen molar-refractivity contribution in [2.24, 2.45) is 5.92 Å². The van der Waals surface area contributed by atoms with Gasteiger partial charge in [-0.05, 0) is 31.6 Å². The van der Waals surface area contributed by atoms with E-state index >= 15 is 0 Å². The second-order valence-electron chi connectivity index (χ2n) is 5.01. The largest absolute Gasteiger partial charge is 0.374 e. The molecule has 96 valence electrons. The van der Waals surface area contributed by atoms with Crippen LogP contribution in [0.3, 0.4) is 0 Å². The molecule has 4 heteroatoms. The molecule has 1 atom stereocenters. The molecule has 1 fully saturated rings. The van der Waals surface area contributed by atoms with Gasteiger partial charge >= 0.3 is 0 Å². The van der Waals surface area contributed by atoms with E-state index in [1.807, 2.05) is 6.08 Å². The minimum absolute atomic E-state index is 0.545. The number of rotatable bonds is 2. The maximum absolute atomic E-state index is 10.4. The molecule has 1 N–H and O–H groups in total. The number of aliphatic hydroxyl groups excluding tert-OH is 1. The van der Waals surface area contributed by atoms with Crippen molar-refractivity contribution in [3.8, 4) is 0 Å². The summed E-state index contributed by atoms with van der Waals surface area (Å²) in [4.78, 5) is 2.09. The fourth-order valence-corrected chi connectivity index (χ4v) is 2.89. The molecule has 0 spiro atoms. The number of likely N-dealkylation sites (tertiary alicyclic amines) is 1. The smallest absolute Gasteiger partial charge is 0.134 e. The molecule has 0 saturated carbocycles. The molecule has 2 nitrogen and oxygen atoms in total. The predicted octanol–water partition coefficient (Wildman–Crippen LogP) is 3.45. The Morgan fingerprint density at radius 3 is 2.65 bits per heavy atom. The molecule has 0 aromatic heterocycles. The highest BCUT2D eigenvalue weighted by atomic mass is 35.5. The van der Waals surface area contributed by atoms with Crippen LogP contribution in [-0.4, -0.2) is 29.3 Å². The minimum Gasteiger partial charge on any atom is -0.374 e. The van der Waals surface area contributed by atoms with Gasteiger partial charge < -0.3 is 5.11 Å². The van der Waals surface area contributed by atoms with Gasteiger partial charge in [-0.2, -0.15) is 0 Å². The lowest BCUT2D eigenvalue weighted by Crippen LogP contribution is -2.42. The lowest BCUT2D eigenvalue weighted by atomic mass is 9.97. The first-order chi connectivity index (χ1) is 8.09. The lowest BCUT2D eigenvalue weighted by molar-refractivity contribution is 0.0124. The van der Waals surface area contributed by atoms with Crippen molar-refractivity contribution in [2.75, 3.05) is 13.1 Å². The van der Waals surface area contributed by atoms with Gasteiger partial charge in [0.2, 0.25) is 0 Å². The van der Waals surface area contributed by atoms with Crippen molar-refractivity contribution in [1.29, 1.82) is 0 Å². The topological polar surface area (TPSA) is 23.5 Å². The summed E-state index contributed by atoms with van der Waals surface area (Å²) >= 11 is 12.2. The third-order valence-corrected chi connectivity index (χ3v) is 4.58. The summed E-state index contributed by atoms with van der Waals surface area (Å²) in [6.07, 6.45) is 5.35. The summed E-state index contributed by atoms with van der Waals surface area (Å²) in [5.74, 6) is 0.758. The second-order valence-corrected chi connectivity index (χ2v) is 5.84. The highest BCUT2D eigenvalue weighted by Gasteiger charge is 2.27. The van der Waals surface area contributed by atoms with Crippen molar-refractivity contribution >= 4 is 23.2 Å². The maximum Gasteiger partial charge on any atom is 0.134 e. The van der Waals surface area contributed by atoms with Crippen LogP contribution in [0.5, 0.6) is 0 Å². The highest BCUT2D eigenvalue weighted by molar-refractivity contribution is 6.40. The summed E-state index contributed by atoms with van der Waals surface area (Å²) in [6, 6.07) is 0. The molecule has 1 saturated heterocycles. The fraction of sp³-hybridized carbons (Fsp3) is 0.692. The van der Waals surface area contributed by atoms with E-state index in [9.17, 15) is 5.11 Å². The quantitative estimate of drug-likeness (QED) is 0.835. The summed E-state index contributed by atoms with van der Waals surface area (Å²) in [6.45, 7) is 4.12. The van der Waals surface area contributed by atoms with Crippen LogP contribution in [-0.2, 0) is 0 Å². The van der Waals surface area contributed by atoms with Crippen molar-refractivity contribution in [1.82, 2.24) is 4.90 Å². The molecular formula is C13H19Cl2NO. The monoisotopic (exact) mass is 275 g/mol. The maximum atomic E-state index is 10.4. The zero-order valence-electron chi connectivity index (χ0n) is 10.1. The average Bonchev–Trinajstić information content (AvgIpc) is 2.33. The van der Waals surface area contributed by atoms with E-state index in [2.05, 4.69) is 11.8 Å². The van der Waals surface area contributed by atoms with Gasteiger partial charge in [-0.1, -0.05) is 36.2 Å². The standard InChI is InChI=1S/C13H19Cl2NO/c1-9-5-7-16(8-6-9)13(17)10-3-2-4-11(14)12(10)15/h3,9,13,17H,2,4-8H2,1H3. The predicted molar refractivity (Wildman–Crippen MR) is 72.0 cm³/mol. The van der Waals surface area contributed by atoms with Gasteiger partial charge in [0.25, 0.3) is 0 Å². The molecule has 2 aliphatic rings. The summed E-state index contributed by atoms with van der Waals surface area (Å²) in [7, 11) is 0. The molecule has 1 heterocycles. The first-order valence-corrected chi connectivity index (χ1v) is 7.02. The van der Waals surface area contributed by atoms with Crippen LogP contribution in [0.1, 0.15) is 32.6 Å². The zero-order valence-corrected chi connectivity index (χ0v) is 11.6. The molecule has 2 rings (SSSR count). The summed E-state index contributed by atoms with van der Waals surface area (Å²) in [5.41, 5.74) is 0.789. The first-order valence-electron chi connectivity index (χ1n) is 6.26. The van der Waals surface area contributed by atoms with Crippen LogP contribution in [0.2, 0.25) is 0 Å². The normalized spacial score (nSPS) is 26.0. The summed E-state index contributed by atoms with van der Waals surface area (Å²) < 4.78 is 0. The number of halogens is 2. The van der Waals surface area contributed by atoms with Gasteiger partial charge in [-0.15, -0.1) is 0 Å². The van der Waals surface area contributed by atoms with Gasteiger partial charge in [-0.3, -0.25) is 4.90 Å². The van der Waals surface area contributed by atoms with Crippen LogP contribution >= 0.6 is 23.2 Å². The molecule has 0 aromatic rings. The molecule has 0 radical (unpaired) electrons. The molecule has 0 aromatic carbocycles. The average molecular weight is 276 g/mol. The number of nitrogens with zero attached hydrogens (tertiary/aromatic N) is 1. The van der Waals surface area contributed by atoms with E-state index in [-0.39, 0.29) is 0 Å².